The number of aryl methyl sites for hydroxylation is 1. The van der Waals surface area contributed by atoms with E-state index in [1.54, 1.807) is 6.07 Å². The zero-order chi connectivity index (χ0) is 17.1. The van der Waals surface area contributed by atoms with Crippen LogP contribution in [0.1, 0.15) is 35.8 Å². The molecule has 5 nitrogen and oxygen atoms in total. The van der Waals surface area contributed by atoms with Crippen molar-refractivity contribution in [3.63, 3.8) is 0 Å². The fourth-order valence-electron chi connectivity index (χ4n) is 2.97. The van der Waals surface area contributed by atoms with Crippen LogP contribution < -0.4 is 10.2 Å². The van der Waals surface area contributed by atoms with Gasteiger partial charge in [0.25, 0.3) is 5.91 Å². The summed E-state index contributed by atoms with van der Waals surface area (Å²) in [6, 6.07) is 9.35. The van der Waals surface area contributed by atoms with Gasteiger partial charge in [0.2, 0.25) is 0 Å². The lowest BCUT2D eigenvalue weighted by Crippen LogP contribution is -2.35. The number of hydrogen-bond acceptors (Lipinski definition) is 4. The SMILES string of the molecule is Cc1cc(Br)ccc1NC(=O)c1ccc(N2CCCC(C)C2)nn1. The van der Waals surface area contributed by atoms with Crippen LogP contribution in [0.25, 0.3) is 0 Å². The van der Waals surface area contributed by atoms with Crippen molar-refractivity contribution >= 4 is 33.3 Å². The Hall–Kier alpha value is -1.95. The van der Waals surface area contributed by atoms with E-state index in [9.17, 15) is 4.79 Å². The maximum Gasteiger partial charge on any atom is 0.276 e. The molecule has 126 valence electrons. The second kappa shape index (κ2) is 7.30. The van der Waals surface area contributed by atoms with Gasteiger partial charge >= 0.3 is 0 Å². The summed E-state index contributed by atoms with van der Waals surface area (Å²) >= 11 is 3.42. The third-order valence-electron chi connectivity index (χ3n) is 4.30. The van der Waals surface area contributed by atoms with E-state index in [2.05, 4.69) is 43.3 Å². The van der Waals surface area contributed by atoms with Gasteiger partial charge in [-0.3, -0.25) is 4.79 Å². The Morgan fingerprint density at radius 3 is 2.79 bits per heavy atom. The molecule has 0 radical (unpaired) electrons. The molecule has 0 aliphatic carbocycles. The number of piperidine rings is 1. The summed E-state index contributed by atoms with van der Waals surface area (Å²) in [6.07, 6.45) is 2.44. The van der Waals surface area contributed by atoms with Gasteiger partial charge in [0, 0.05) is 23.2 Å². The molecule has 3 rings (SSSR count). The van der Waals surface area contributed by atoms with Crippen LogP contribution in [0.2, 0.25) is 0 Å². The third kappa shape index (κ3) is 3.93. The standard InChI is InChI=1S/C18H21BrN4O/c1-12-4-3-9-23(11-12)17-8-7-16(21-22-17)18(24)20-15-6-5-14(19)10-13(15)2/h5-8,10,12H,3-4,9,11H2,1-2H3,(H,20,24). The van der Waals surface area contributed by atoms with Crippen LogP contribution in [0.5, 0.6) is 0 Å². The molecule has 6 heteroatoms. The van der Waals surface area contributed by atoms with Crippen LogP contribution in [0.3, 0.4) is 0 Å². The molecule has 1 aromatic carbocycles. The maximum atomic E-state index is 12.4. The summed E-state index contributed by atoms with van der Waals surface area (Å²) in [5.41, 5.74) is 2.09. The molecule has 1 unspecified atom stereocenters. The average molecular weight is 389 g/mol. The second-order valence-corrected chi connectivity index (χ2v) is 7.30. The van der Waals surface area contributed by atoms with E-state index < -0.39 is 0 Å². The van der Waals surface area contributed by atoms with Crippen molar-refractivity contribution < 1.29 is 4.79 Å². The lowest BCUT2D eigenvalue weighted by atomic mass is 10.0. The quantitative estimate of drug-likeness (QED) is 0.861. The van der Waals surface area contributed by atoms with Gasteiger partial charge in [0.1, 0.15) is 0 Å². The highest BCUT2D eigenvalue weighted by molar-refractivity contribution is 9.10. The van der Waals surface area contributed by atoms with Gasteiger partial charge in [-0.05, 0) is 61.6 Å². The third-order valence-corrected chi connectivity index (χ3v) is 4.79. The first-order chi connectivity index (χ1) is 11.5. The maximum absolute atomic E-state index is 12.4. The summed E-state index contributed by atoms with van der Waals surface area (Å²) in [5, 5.41) is 11.2. The fourth-order valence-corrected chi connectivity index (χ4v) is 3.44. The number of nitrogens with one attached hydrogen (secondary N) is 1. The number of carbonyl (C=O) groups is 1. The zero-order valence-corrected chi connectivity index (χ0v) is 15.5. The minimum absolute atomic E-state index is 0.244. The van der Waals surface area contributed by atoms with Gasteiger partial charge < -0.3 is 10.2 Å². The Labute approximate surface area is 150 Å². The smallest absolute Gasteiger partial charge is 0.276 e. The summed E-state index contributed by atoms with van der Waals surface area (Å²) < 4.78 is 0.984. The minimum atomic E-state index is -0.244. The Kier molecular flexibility index (Phi) is 5.14. The second-order valence-electron chi connectivity index (χ2n) is 6.38. The molecule has 0 bridgehead atoms. The highest BCUT2D eigenvalue weighted by atomic mass is 79.9. The molecule has 1 N–H and O–H groups in total. The summed E-state index contributed by atoms with van der Waals surface area (Å²) in [7, 11) is 0. The Morgan fingerprint density at radius 1 is 1.29 bits per heavy atom. The predicted molar refractivity (Wildman–Crippen MR) is 99.5 cm³/mol. The number of hydrogen-bond donors (Lipinski definition) is 1. The molecule has 1 aromatic heterocycles. The van der Waals surface area contributed by atoms with E-state index in [1.807, 2.05) is 31.2 Å². The summed E-state index contributed by atoms with van der Waals surface area (Å²) in [4.78, 5) is 14.6. The van der Waals surface area contributed by atoms with Crippen LogP contribution in [-0.4, -0.2) is 29.2 Å². The monoisotopic (exact) mass is 388 g/mol. The highest BCUT2D eigenvalue weighted by Crippen LogP contribution is 2.22. The zero-order valence-electron chi connectivity index (χ0n) is 13.9. The number of nitrogens with zero attached hydrogens (tertiary/aromatic N) is 3. The van der Waals surface area contributed by atoms with Gasteiger partial charge in [0.05, 0.1) is 0 Å². The first-order valence-corrected chi connectivity index (χ1v) is 8.98. The van der Waals surface area contributed by atoms with E-state index in [1.165, 1.54) is 12.8 Å². The van der Waals surface area contributed by atoms with Crippen molar-refractivity contribution in [2.75, 3.05) is 23.3 Å². The van der Waals surface area contributed by atoms with Gasteiger partial charge in [-0.1, -0.05) is 22.9 Å². The number of aromatic nitrogens is 2. The lowest BCUT2D eigenvalue weighted by molar-refractivity contribution is 0.102. The molecule has 1 aliphatic rings. The molecule has 1 amide bonds. The summed E-state index contributed by atoms with van der Waals surface area (Å²) in [5.74, 6) is 1.27. The first kappa shape index (κ1) is 16.9. The van der Waals surface area contributed by atoms with E-state index in [-0.39, 0.29) is 5.91 Å². The van der Waals surface area contributed by atoms with Crippen molar-refractivity contribution in [1.82, 2.24) is 10.2 Å². The molecule has 1 atom stereocenters. The fraction of sp³-hybridized carbons (Fsp3) is 0.389. The number of carbonyl (C=O) groups excluding carboxylic acids is 1. The van der Waals surface area contributed by atoms with Crippen LogP contribution in [0.15, 0.2) is 34.8 Å². The van der Waals surface area contributed by atoms with Gasteiger partial charge in [-0.2, -0.15) is 0 Å². The van der Waals surface area contributed by atoms with Crippen LogP contribution in [0.4, 0.5) is 11.5 Å². The van der Waals surface area contributed by atoms with Crippen molar-refractivity contribution in [1.29, 1.82) is 0 Å². The molecule has 24 heavy (non-hydrogen) atoms. The number of halogens is 1. The van der Waals surface area contributed by atoms with Crippen LogP contribution in [-0.2, 0) is 0 Å². The van der Waals surface area contributed by atoms with Gasteiger partial charge in [-0.15, -0.1) is 10.2 Å². The molecule has 1 aliphatic heterocycles. The number of anilines is 2. The topological polar surface area (TPSA) is 58.1 Å². The molecule has 1 fully saturated rings. The van der Waals surface area contributed by atoms with E-state index in [0.717, 1.165) is 34.6 Å². The van der Waals surface area contributed by atoms with Crippen molar-refractivity contribution in [3.05, 3.63) is 46.1 Å². The largest absolute Gasteiger partial charge is 0.355 e. The van der Waals surface area contributed by atoms with Gasteiger partial charge in [0.15, 0.2) is 11.5 Å². The van der Waals surface area contributed by atoms with E-state index >= 15 is 0 Å². The Bertz CT molecular complexity index is 732. The molecule has 0 spiro atoms. The number of benzene rings is 1. The number of amides is 1. The minimum Gasteiger partial charge on any atom is -0.355 e. The van der Waals surface area contributed by atoms with E-state index in [0.29, 0.717) is 11.6 Å². The Morgan fingerprint density at radius 2 is 2.12 bits per heavy atom. The van der Waals surface area contributed by atoms with E-state index in [4.69, 9.17) is 0 Å². The normalized spacial score (nSPS) is 17.6. The first-order valence-electron chi connectivity index (χ1n) is 8.19. The predicted octanol–water partition coefficient (Wildman–Crippen LogP) is 4.04. The van der Waals surface area contributed by atoms with Crippen molar-refractivity contribution in [2.24, 2.45) is 5.92 Å². The number of rotatable bonds is 3. The van der Waals surface area contributed by atoms with Crippen molar-refractivity contribution in [2.45, 2.75) is 26.7 Å². The molecule has 1 saturated heterocycles. The molecule has 0 saturated carbocycles. The molecular weight excluding hydrogens is 368 g/mol. The summed E-state index contributed by atoms with van der Waals surface area (Å²) in [6.45, 7) is 6.20. The molecule has 2 heterocycles. The highest BCUT2D eigenvalue weighted by Gasteiger charge is 2.18. The Balaban J connectivity index is 1.69. The average Bonchev–Trinajstić information content (AvgIpc) is 2.57. The van der Waals surface area contributed by atoms with Crippen molar-refractivity contribution in [3.8, 4) is 0 Å². The van der Waals surface area contributed by atoms with Crippen LogP contribution in [0, 0.1) is 12.8 Å². The molecular formula is C18H21BrN4O. The molecule has 2 aromatic rings. The van der Waals surface area contributed by atoms with Crippen LogP contribution >= 0.6 is 15.9 Å². The van der Waals surface area contributed by atoms with Gasteiger partial charge in [-0.25, -0.2) is 0 Å². The lowest BCUT2D eigenvalue weighted by Gasteiger charge is -2.31.